The van der Waals surface area contributed by atoms with Gasteiger partial charge in [0.1, 0.15) is 0 Å². The number of thiol groups is 2. The second-order valence-corrected chi connectivity index (χ2v) is 3.33. The lowest BCUT2D eigenvalue weighted by Crippen LogP contribution is -2.12. The predicted octanol–water partition coefficient (Wildman–Crippen LogP) is 0.738. The fourth-order valence-electron chi connectivity index (χ4n) is 0.772. The first kappa shape index (κ1) is 11.6. The van der Waals surface area contributed by atoms with E-state index in [1.165, 1.54) is 0 Å². The van der Waals surface area contributed by atoms with Crippen LogP contribution in [0.15, 0.2) is 0 Å². The fraction of sp³-hybridized carbons (Fsp3) is 1.00. The molecule has 4 heteroatoms. The maximum absolute atomic E-state index is 9.07. The zero-order valence-corrected chi connectivity index (χ0v) is 8.27. The van der Waals surface area contributed by atoms with Crippen molar-refractivity contribution in [1.29, 1.82) is 0 Å². The monoisotopic (exact) mass is 196 g/mol. The highest BCUT2D eigenvalue weighted by molar-refractivity contribution is 7.80. The average Bonchev–Trinajstić information content (AvgIpc) is 2.04. The Morgan fingerprint density at radius 2 is 1.27 bits per heavy atom. The molecule has 0 heterocycles. The van der Waals surface area contributed by atoms with Crippen LogP contribution in [0.5, 0.6) is 0 Å². The molecule has 2 N–H and O–H groups in total. The SMILES string of the molecule is OC(CS)CCCC(O)CS. The number of rotatable bonds is 6. The molecule has 0 spiro atoms. The molecule has 0 aliphatic carbocycles. The van der Waals surface area contributed by atoms with Crippen LogP contribution >= 0.6 is 25.3 Å². The number of hydrogen-bond acceptors (Lipinski definition) is 4. The third kappa shape index (κ3) is 7.00. The molecule has 0 amide bonds. The first-order valence-electron chi connectivity index (χ1n) is 3.78. The van der Waals surface area contributed by atoms with Crippen LogP contribution in [0.4, 0.5) is 0 Å². The van der Waals surface area contributed by atoms with E-state index in [-0.39, 0.29) is 12.2 Å². The summed E-state index contributed by atoms with van der Waals surface area (Å²) in [6.07, 6.45) is 1.61. The fourth-order valence-corrected chi connectivity index (χ4v) is 1.14. The van der Waals surface area contributed by atoms with Gasteiger partial charge in [0.15, 0.2) is 0 Å². The van der Waals surface area contributed by atoms with Crippen LogP contribution in [0.3, 0.4) is 0 Å². The summed E-state index contributed by atoms with van der Waals surface area (Å²) in [6, 6.07) is 0. The van der Waals surface area contributed by atoms with E-state index in [0.717, 1.165) is 6.42 Å². The molecule has 0 rings (SSSR count). The molecule has 0 aliphatic rings. The van der Waals surface area contributed by atoms with Crippen LogP contribution in [0.25, 0.3) is 0 Å². The summed E-state index contributed by atoms with van der Waals surface area (Å²) in [5.41, 5.74) is 0. The van der Waals surface area contributed by atoms with E-state index < -0.39 is 0 Å². The second-order valence-electron chi connectivity index (χ2n) is 2.60. The molecule has 0 aromatic heterocycles. The van der Waals surface area contributed by atoms with E-state index in [1.54, 1.807) is 0 Å². The van der Waals surface area contributed by atoms with Gasteiger partial charge in [-0.1, -0.05) is 0 Å². The minimum absolute atomic E-state index is 0.328. The van der Waals surface area contributed by atoms with E-state index in [1.807, 2.05) is 0 Å². The standard InChI is InChI=1S/C7H16O2S2/c8-6(4-10)2-1-3-7(9)5-11/h6-11H,1-5H2. The maximum atomic E-state index is 9.07. The molecule has 0 aromatic carbocycles. The van der Waals surface area contributed by atoms with Gasteiger partial charge in [0.2, 0.25) is 0 Å². The predicted molar refractivity (Wildman–Crippen MR) is 53.6 cm³/mol. The van der Waals surface area contributed by atoms with Crippen molar-refractivity contribution in [2.45, 2.75) is 31.5 Å². The van der Waals surface area contributed by atoms with Crippen LogP contribution in [-0.4, -0.2) is 33.9 Å². The van der Waals surface area contributed by atoms with Crippen LogP contribution in [0, 0.1) is 0 Å². The third-order valence-electron chi connectivity index (χ3n) is 1.50. The van der Waals surface area contributed by atoms with Crippen molar-refractivity contribution in [2.75, 3.05) is 11.5 Å². The zero-order valence-electron chi connectivity index (χ0n) is 6.48. The first-order chi connectivity index (χ1) is 5.20. The summed E-state index contributed by atoms with van der Waals surface area (Å²) in [7, 11) is 0. The topological polar surface area (TPSA) is 40.5 Å². The van der Waals surface area contributed by atoms with Crippen molar-refractivity contribution in [3.05, 3.63) is 0 Å². The van der Waals surface area contributed by atoms with Gasteiger partial charge < -0.3 is 10.2 Å². The van der Waals surface area contributed by atoms with Gasteiger partial charge >= 0.3 is 0 Å². The molecule has 0 saturated carbocycles. The lowest BCUT2D eigenvalue weighted by molar-refractivity contribution is 0.158. The first-order valence-corrected chi connectivity index (χ1v) is 5.05. The molecule has 0 radical (unpaired) electrons. The Hall–Kier alpha value is 0.620. The molecule has 0 bridgehead atoms. The molecular formula is C7H16O2S2. The molecule has 0 aromatic rings. The van der Waals surface area contributed by atoms with E-state index in [2.05, 4.69) is 25.3 Å². The van der Waals surface area contributed by atoms with Crippen LogP contribution in [0.2, 0.25) is 0 Å². The van der Waals surface area contributed by atoms with Gasteiger partial charge in [-0.15, -0.1) is 0 Å². The van der Waals surface area contributed by atoms with Gasteiger partial charge in [0.05, 0.1) is 12.2 Å². The lowest BCUT2D eigenvalue weighted by Gasteiger charge is -2.09. The average molecular weight is 196 g/mol. The van der Waals surface area contributed by atoms with E-state index in [0.29, 0.717) is 24.3 Å². The minimum atomic E-state index is -0.328. The maximum Gasteiger partial charge on any atom is 0.0628 e. The summed E-state index contributed by atoms with van der Waals surface area (Å²) in [6.45, 7) is 0. The highest BCUT2D eigenvalue weighted by Crippen LogP contribution is 2.05. The van der Waals surface area contributed by atoms with E-state index in [4.69, 9.17) is 10.2 Å². The number of hydrogen-bond donors (Lipinski definition) is 4. The van der Waals surface area contributed by atoms with Gasteiger partial charge in [-0.25, -0.2) is 0 Å². The normalized spacial score (nSPS) is 16.4. The molecular weight excluding hydrogens is 180 g/mol. The lowest BCUT2D eigenvalue weighted by atomic mass is 10.1. The van der Waals surface area contributed by atoms with Gasteiger partial charge in [-0.2, -0.15) is 25.3 Å². The quantitative estimate of drug-likeness (QED) is 0.473. The van der Waals surface area contributed by atoms with Crippen molar-refractivity contribution in [2.24, 2.45) is 0 Å². The molecule has 2 atom stereocenters. The Labute approximate surface area is 78.8 Å². The Morgan fingerprint density at radius 3 is 1.55 bits per heavy atom. The van der Waals surface area contributed by atoms with Crippen LogP contribution < -0.4 is 0 Å². The molecule has 2 unspecified atom stereocenters. The number of aliphatic hydroxyl groups excluding tert-OH is 2. The second kappa shape index (κ2) is 7.28. The molecule has 0 saturated heterocycles. The highest BCUT2D eigenvalue weighted by Gasteiger charge is 2.04. The van der Waals surface area contributed by atoms with Gasteiger partial charge in [0, 0.05) is 11.5 Å². The van der Waals surface area contributed by atoms with Gasteiger partial charge in [-0.05, 0) is 19.3 Å². The van der Waals surface area contributed by atoms with Crippen molar-refractivity contribution in [3.8, 4) is 0 Å². The third-order valence-corrected chi connectivity index (χ3v) is 2.34. The summed E-state index contributed by atoms with van der Waals surface area (Å²) in [4.78, 5) is 0. The summed E-state index contributed by atoms with van der Waals surface area (Å²) in [5.74, 6) is 0.994. The smallest absolute Gasteiger partial charge is 0.0628 e. The summed E-state index contributed by atoms with van der Waals surface area (Å²) >= 11 is 7.87. The summed E-state index contributed by atoms with van der Waals surface area (Å²) < 4.78 is 0. The van der Waals surface area contributed by atoms with Crippen LogP contribution in [-0.2, 0) is 0 Å². The van der Waals surface area contributed by atoms with Gasteiger partial charge in [-0.3, -0.25) is 0 Å². The Balaban J connectivity index is 3.13. The summed E-state index contributed by atoms with van der Waals surface area (Å²) in [5, 5.41) is 18.1. The molecule has 68 valence electrons. The van der Waals surface area contributed by atoms with Gasteiger partial charge in [0.25, 0.3) is 0 Å². The van der Waals surface area contributed by atoms with Crippen molar-refractivity contribution >= 4 is 25.3 Å². The van der Waals surface area contributed by atoms with E-state index >= 15 is 0 Å². The number of aliphatic hydroxyl groups is 2. The minimum Gasteiger partial charge on any atom is -0.392 e. The zero-order chi connectivity index (χ0) is 8.69. The van der Waals surface area contributed by atoms with E-state index in [9.17, 15) is 0 Å². The largest absolute Gasteiger partial charge is 0.392 e. The van der Waals surface area contributed by atoms with Crippen molar-refractivity contribution in [1.82, 2.24) is 0 Å². The molecule has 2 nitrogen and oxygen atoms in total. The van der Waals surface area contributed by atoms with Crippen molar-refractivity contribution < 1.29 is 10.2 Å². The Morgan fingerprint density at radius 1 is 0.909 bits per heavy atom. The molecule has 11 heavy (non-hydrogen) atoms. The Kier molecular flexibility index (Phi) is 7.69. The Bertz CT molecular complexity index is 80.5. The highest BCUT2D eigenvalue weighted by atomic mass is 32.1. The van der Waals surface area contributed by atoms with Crippen LogP contribution in [0.1, 0.15) is 19.3 Å². The molecule has 0 fully saturated rings. The molecule has 0 aliphatic heterocycles. The van der Waals surface area contributed by atoms with Crippen molar-refractivity contribution in [3.63, 3.8) is 0 Å².